The highest BCUT2D eigenvalue weighted by Gasteiger charge is 2.16. The molecule has 2 N–H and O–H groups in total. The van der Waals surface area contributed by atoms with Crippen LogP contribution in [0.4, 0.5) is 4.39 Å². The molecule has 1 aromatic rings. The highest BCUT2D eigenvalue weighted by molar-refractivity contribution is 6.33. The summed E-state index contributed by atoms with van der Waals surface area (Å²) < 4.78 is 13.4. The number of carbonyl (C=O) groups excluding carboxylic acids is 1. The first-order chi connectivity index (χ1) is 8.06. The Morgan fingerprint density at radius 1 is 1.59 bits per heavy atom. The topological polar surface area (TPSA) is 49.3 Å². The molecule has 0 saturated carbocycles. The fourth-order valence-electron chi connectivity index (χ4n) is 1.45. The minimum Gasteiger partial charge on any atom is -0.391 e. The van der Waals surface area contributed by atoms with Gasteiger partial charge in [0.05, 0.1) is 16.7 Å². The Kier molecular flexibility index (Phi) is 5.38. The van der Waals surface area contributed by atoms with Crippen molar-refractivity contribution in [1.82, 2.24) is 5.32 Å². The summed E-state index contributed by atoms with van der Waals surface area (Å²) in [4.78, 5) is 11.6. The summed E-state index contributed by atoms with van der Waals surface area (Å²) in [6, 6.07) is 4.05. The van der Waals surface area contributed by atoms with Gasteiger partial charge in [-0.15, -0.1) is 0 Å². The Bertz CT molecular complexity index is 378. The van der Waals surface area contributed by atoms with E-state index in [2.05, 4.69) is 5.32 Å². The van der Waals surface area contributed by atoms with E-state index in [0.29, 0.717) is 6.42 Å². The second-order valence-corrected chi connectivity index (χ2v) is 4.16. The van der Waals surface area contributed by atoms with Crippen molar-refractivity contribution in [2.45, 2.75) is 25.9 Å². The van der Waals surface area contributed by atoms with Crippen LogP contribution in [0.3, 0.4) is 0 Å². The van der Waals surface area contributed by atoms with Crippen molar-refractivity contribution in [3.63, 3.8) is 0 Å². The Hall–Kier alpha value is -1.13. The molecule has 1 unspecified atom stereocenters. The van der Waals surface area contributed by atoms with Crippen molar-refractivity contribution >= 4 is 17.5 Å². The lowest BCUT2D eigenvalue weighted by molar-refractivity contribution is 0.0906. The number of hydrogen-bond donors (Lipinski definition) is 2. The molecule has 3 nitrogen and oxygen atoms in total. The van der Waals surface area contributed by atoms with Gasteiger partial charge in [-0.2, -0.15) is 0 Å². The maximum Gasteiger partial charge on any atom is 0.255 e. The van der Waals surface area contributed by atoms with Crippen LogP contribution in [0.25, 0.3) is 0 Å². The van der Waals surface area contributed by atoms with Crippen LogP contribution in [-0.4, -0.2) is 23.7 Å². The molecule has 0 radical (unpaired) electrons. The summed E-state index contributed by atoms with van der Waals surface area (Å²) in [5.74, 6) is -1.27. The third-order valence-electron chi connectivity index (χ3n) is 2.31. The van der Waals surface area contributed by atoms with Gasteiger partial charge in [-0.1, -0.05) is 31.0 Å². The van der Waals surface area contributed by atoms with Gasteiger partial charge in [0.2, 0.25) is 0 Å². The van der Waals surface area contributed by atoms with Crippen LogP contribution < -0.4 is 5.32 Å². The summed E-state index contributed by atoms with van der Waals surface area (Å²) in [6.07, 6.45) is 0.789. The van der Waals surface area contributed by atoms with Crippen molar-refractivity contribution in [1.29, 1.82) is 0 Å². The van der Waals surface area contributed by atoms with Gasteiger partial charge >= 0.3 is 0 Å². The van der Waals surface area contributed by atoms with E-state index in [-0.39, 0.29) is 17.1 Å². The molecule has 1 rings (SSSR count). The zero-order valence-corrected chi connectivity index (χ0v) is 10.3. The summed E-state index contributed by atoms with van der Waals surface area (Å²) in [5, 5.41) is 12.0. The fraction of sp³-hybridized carbons (Fsp3) is 0.417. The summed E-state index contributed by atoms with van der Waals surface area (Å²) in [6.45, 7) is 2.02. The number of benzene rings is 1. The van der Waals surface area contributed by atoms with Gasteiger partial charge in [0.25, 0.3) is 5.91 Å². The second-order valence-electron chi connectivity index (χ2n) is 3.75. The Morgan fingerprint density at radius 2 is 2.29 bits per heavy atom. The number of carbonyl (C=O) groups is 1. The minimum atomic E-state index is -0.667. The monoisotopic (exact) mass is 259 g/mol. The zero-order chi connectivity index (χ0) is 12.8. The third-order valence-corrected chi connectivity index (χ3v) is 2.62. The van der Waals surface area contributed by atoms with E-state index >= 15 is 0 Å². The van der Waals surface area contributed by atoms with E-state index < -0.39 is 17.8 Å². The van der Waals surface area contributed by atoms with Gasteiger partial charge in [0, 0.05) is 6.54 Å². The van der Waals surface area contributed by atoms with Gasteiger partial charge in [0.15, 0.2) is 0 Å². The molecular weight excluding hydrogens is 245 g/mol. The van der Waals surface area contributed by atoms with E-state index in [1.807, 2.05) is 6.92 Å². The first kappa shape index (κ1) is 13.9. The Balaban J connectivity index is 2.64. The van der Waals surface area contributed by atoms with E-state index in [9.17, 15) is 14.3 Å². The molecule has 0 saturated heterocycles. The third kappa shape index (κ3) is 3.98. The maximum absolute atomic E-state index is 13.4. The van der Waals surface area contributed by atoms with Crippen molar-refractivity contribution < 1.29 is 14.3 Å². The smallest absolute Gasteiger partial charge is 0.255 e. The first-order valence-corrected chi connectivity index (χ1v) is 5.84. The molecule has 0 fully saturated rings. The van der Waals surface area contributed by atoms with Crippen molar-refractivity contribution in [3.05, 3.63) is 34.6 Å². The largest absolute Gasteiger partial charge is 0.391 e. The number of halogens is 2. The van der Waals surface area contributed by atoms with Crippen LogP contribution in [0.1, 0.15) is 30.1 Å². The van der Waals surface area contributed by atoms with Crippen molar-refractivity contribution in [2.24, 2.45) is 0 Å². The SMILES string of the molecule is CCCC(O)CNC(=O)c1c(F)cccc1Cl. The molecule has 0 aromatic heterocycles. The van der Waals surface area contributed by atoms with E-state index in [4.69, 9.17) is 11.6 Å². The average Bonchev–Trinajstić information content (AvgIpc) is 2.26. The molecular formula is C12H15ClFNO2. The summed E-state index contributed by atoms with van der Waals surface area (Å²) in [5.41, 5.74) is -0.183. The quantitative estimate of drug-likeness (QED) is 0.853. The number of amides is 1. The molecule has 17 heavy (non-hydrogen) atoms. The molecule has 1 atom stereocenters. The lowest BCUT2D eigenvalue weighted by atomic mass is 10.1. The van der Waals surface area contributed by atoms with Crippen LogP contribution in [0.5, 0.6) is 0 Å². The Morgan fingerprint density at radius 3 is 2.88 bits per heavy atom. The van der Waals surface area contributed by atoms with E-state index in [1.165, 1.54) is 18.2 Å². The molecule has 1 aromatic carbocycles. The molecule has 0 aliphatic heterocycles. The molecule has 94 valence electrons. The molecule has 0 aliphatic rings. The van der Waals surface area contributed by atoms with Crippen molar-refractivity contribution in [2.75, 3.05) is 6.54 Å². The summed E-state index contributed by atoms with van der Waals surface area (Å²) >= 11 is 5.74. The lowest BCUT2D eigenvalue weighted by Crippen LogP contribution is -2.32. The molecule has 0 heterocycles. The summed E-state index contributed by atoms with van der Waals surface area (Å²) in [7, 11) is 0. The van der Waals surface area contributed by atoms with Gasteiger partial charge in [-0.05, 0) is 18.6 Å². The maximum atomic E-state index is 13.4. The molecule has 0 aliphatic carbocycles. The number of aliphatic hydroxyl groups excluding tert-OH is 1. The fourth-order valence-corrected chi connectivity index (χ4v) is 1.70. The average molecular weight is 260 g/mol. The predicted molar refractivity (Wildman–Crippen MR) is 64.7 cm³/mol. The van der Waals surface area contributed by atoms with E-state index in [1.54, 1.807) is 0 Å². The number of nitrogens with one attached hydrogen (secondary N) is 1. The minimum absolute atomic E-state index is 0.0625. The van der Waals surface area contributed by atoms with Crippen LogP contribution >= 0.6 is 11.6 Å². The molecule has 0 spiro atoms. The van der Waals surface area contributed by atoms with Crippen LogP contribution in [0.15, 0.2) is 18.2 Å². The van der Waals surface area contributed by atoms with Crippen LogP contribution in [0, 0.1) is 5.82 Å². The second kappa shape index (κ2) is 6.57. The molecule has 5 heteroatoms. The number of aliphatic hydroxyl groups is 1. The molecule has 0 bridgehead atoms. The standard InChI is InChI=1S/C12H15ClFNO2/c1-2-4-8(16)7-15-12(17)11-9(13)5-3-6-10(11)14/h3,5-6,8,16H,2,4,7H2,1H3,(H,15,17). The van der Waals surface area contributed by atoms with Crippen LogP contribution in [0.2, 0.25) is 5.02 Å². The van der Waals surface area contributed by atoms with Gasteiger partial charge in [-0.3, -0.25) is 4.79 Å². The normalized spacial score (nSPS) is 12.2. The highest BCUT2D eigenvalue weighted by Crippen LogP contribution is 2.18. The van der Waals surface area contributed by atoms with E-state index in [0.717, 1.165) is 6.42 Å². The first-order valence-electron chi connectivity index (χ1n) is 5.46. The highest BCUT2D eigenvalue weighted by atomic mass is 35.5. The zero-order valence-electron chi connectivity index (χ0n) is 9.54. The number of rotatable bonds is 5. The predicted octanol–water partition coefficient (Wildman–Crippen LogP) is 2.37. The van der Waals surface area contributed by atoms with Gasteiger partial charge in [0.1, 0.15) is 5.82 Å². The lowest BCUT2D eigenvalue weighted by Gasteiger charge is -2.11. The van der Waals surface area contributed by atoms with Gasteiger partial charge in [-0.25, -0.2) is 4.39 Å². The number of hydrogen-bond acceptors (Lipinski definition) is 2. The van der Waals surface area contributed by atoms with Crippen LogP contribution in [-0.2, 0) is 0 Å². The van der Waals surface area contributed by atoms with Crippen molar-refractivity contribution in [3.8, 4) is 0 Å². The van der Waals surface area contributed by atoms with Gasteiger partial charge < -0.3 is 10.4 Å². The Labute approximate surface area is 105 Å². The molecule has 1 amide bonds.